The van der Waals surface area contributed by atoms with E-state index in [1.807, 2.05) is 6.07 Å². The van der Waals surface area contributed by atoms with Crippen LogP contribution < -0.4 is 11.1 Å². The lowest BCUT2D eigenvalue weighted by atomic mass is 9.64. The summed E-state index contributed by atoms with van der Waals surface area (Å²) >= 11 is 0. The maximum absolute atomic E-state index is 11.3. The summed E-state index contributed by atoms with van der Waals surface area (Å²) < 4.78 is 0. The largest absolute Gasteiger partial charge is 0.330 e. The van der Waals surface area contributed by atoms with Gasteiger partial charge < -0.3 is 11.1 Å². The number of anilines is 1. The van der Waals surface area contributed by atoms with Crippen molar-refractivity contribution in [3.05, 3.63) is 29.3 Å². The molecule has 2 aliphatic rings. The van der Waals surface area contributed by atoms with Crippen LogP contribution in [0.5, 0.6) is 0 Å². The van der Waals surface area contributed by atoms with Crippen molar-refractivity contribution in [1.29, 1.82) is 0 Å². The summed E-state index contributed by atoms with van der Waals surface area (Å²) in [6, 6.07) is 6.43. The Balaban J connectivity index is 1.96. The third-order valence-corrected chi connectivity index (χ3v) is 4.31. The fourth-order valence-electron chi connectivity index (χ4n) is 2.93. The molecule has 0 spiro atoms. The molecule has 90 valence electrons. The quantitative estimate of drug-likeness (QED) is 0.816. The van der Waals surface area contributed by atoms with Crippen LogP contribution in [0.2, 0.25) is 0 Å². The summed E-state index contributed by atoms with van der Waals surface area (Å²) in [6.07, 6.45) is 5.15. The summed E-state index contributed by atoms with van der Waals surface area (Å²) in [7, 11) is 0. The molecular formula is C14H18N2O. The van der Waals surface area contributed by atoms with Crippen LogP contribution in [0, 0.1) is 0 Å². The molecule has 3 N–H and O–H groups in total. The van der Waals surface area contributed by atoms with E-state index in [2.05, 4.69) is 17.4 Å². The minimum absolute atomic E-state index is 0.127. The molecule has 1 aliphatic heterocycles. The Bertz CT molecular complexity index is 458. The molecule has 3 nitrogen and oxygen atoms in total. The number of fused-ring (bicyclic) bond motifs is 1. The predicted molar refractivity (Wildman–Crippen MR) is 68.0 cm³/mol. The van der Waals surface area contributed by atoms with E-state index in [0.29, 0.717) is 6.42 Å². The van der Waals surface area contributed by atoms with Crippen LogP contribution in [0.15, 0.2) is 18.2 Å². The van der Waals surface area contributed by atoms with Gasteiger partial charge in [0, 0.05) is 24.1 Å². The Morgan fingerprint density at radius 2 is 2.12 bits per heavy atom. The Labute approximate surface area is 101 Å². The monoisotopic (exact) mass is 230 g/mol. The van der Waals surface area contributed by atoms with E-state index >= 15 is 0 Å². The van der Waals surface area contributed by atoms with E-state index in [1.165, 1.54) is 30.4 Å². The summed E-state index contributed by atoms with van der Waals surface area (Å²) in [4.78, 5) is 11.3. The highest BCUT2D eigenvalue weighted by atomic mass is 16.1. The Hall–Kier alpha value is -1.35. The first kappa shape index (κ1) is 10.8. The molecule has 1 aliphatic carbocycles. The normalized spacial score (nSPS) is 21.4. The lowest BCUT2D eigenvalue weighted by Crippen LogP contribution is -2.41. The van der Waals surface area contributed by atoms with E-state index in [-0.39, 0.29) is 11.3 Å². The van der Waals surface area contributed by atoms with Crippen molar-refractivity contribution in [2.75, 3.05) is 11.9 Å². The van der Waals surface area contributed by atoms with E-state index in [9.17, 15) is 4.79 Å². The van der Waals surface area contributed by atoms with E-state index < -0.39 is 0 Å². The van der Waals surface area contributed by atoms with Crippen LogP contribution in [0.25, 0.3) is 0 Å². The van der Waals surface area contributed by atoms with Crippen molar-refractivity contribution < 1.29 is 4.79 Å². The number of carbonyl (C=O) groups excluding carboxylic acids is 1. The van der Waals surface area contributed by atoms with Crippen LogP contribution in [0.1, 0.15) is 36.8 Å². The van der Waals surface area contributed by atoms with Gasteiger partial charge in [-0.3, -0.25) is 4.79 Å². The molecule has 0 bridgehead atoms. The highest BCUT2D eigenvalue weighted by Crippen LogP contribution is 2.43. The maximum Gasteiger partial charge on any atom is 0.224 e. The fraction of sp³-hybridized carbons (Fsp3) is 0.500. The average Bonchev–Trinajstić information content (AvgIpc) is 2.28. The van der Waals surface area contributed by atoms with Gasteiger partial charge in [-0.2, -0.15) is 0 Å². The van der Waals surface area contributed by atoms with Gasteiger partial charge in [0.2, 0.25) is 5.91 Å². The van der Waals surface area contributed by atoms with Gasteiger partial charge in [0.05, 0.1) is 0 Å². The number of benzene rings is 1. The van der Waals surface area contributed by atoms with Crippen LogP contribution in [-0.2, 0) is 16.6 Å². The molecule has 0 atom stereocenters. The Morgan fingerprint density at radius 3 is 2.76 bits per heavy atom. The molecule has 1 aromatic rings. The highest BCUT2D eigenvalue weighted by molar-refractivity contribution is 5.93. The molecule has 3 heteroatoms. The molecule has 1 amide bonds. The van der Waals surface area contributed by atoms with Crippen molar-refractivity contribution in [3.8, 4) is 0 Å². The van der Waals surface area contributed by atoms with E-state index in [4.69, 9.17) is 5.73 Å². The molecule has 1 aromatic carbocycles. The third kappa shape index (κ3) is 1.65. The van der Waals surface area contributed by atoms with Gasteiger partial charge >= 0.3 is 0 Å². The topological polar surface area (TPSA) is 55.1 Å². The zero-order valence-electron chi connectivity index (χ0n) is 9.96. The molecule has 1 heterocycles. The van der Waals surface area contributed by atoms with Crippen LogP contribution in [0.3, 0.4) is 0 Å². The number of carbonyl (C=O) groups is 1. The smallest absolute Gasteiger partial charge is 0.224 e. The zero-order chi connectivity index (χ0) is 11.9. The molecule has 0 saturated heterocycles. The summed E-state index contributed by atoms with van der Waals surface area (Å²) in [5.74, 6) is 0.127. The van der Waals surface area contributed by atoms with E-state index in [0.717, 1.165) is 18.7 Å². The second-order valence-electron chi connectivity index (χ2n) is 5.26. The van der Waals surface area contributed by atoms with Crippen molar-refractivity contribution in [2.45, 2.75) is 37.5 Å². The van der Waals surface area contributed by atoms with Gasteiger partial charge in [-0.05, 0) is 36.5 Å². The van der Waals surface area contributed by atoms with Gasteiger partial charge in [0.1, 0.15) is 0 Å². The first-order chi connectivity index (χ1) is 8.23. The van der Waals surface area contributed by atoms with Crippen molar-refractivity contribution in [1.82, 2.24) is 0 Å². The summed E-state index contributed by atoms with van der Waals surface area (Å²) in [5, 5.41) is 2.92. The molecule has 0 radical (unpaired) electrons. The molecule has 1 saturated carbocycles. The van der Waals surface area contributed by atoms with Crippen molar-refractivity contribution >= 4 is 11.6 Å². The Kier molecular flexibility index (Phi) is 2.44. The second-order valence-corrected chi connectivity index (χ2v) is 5.26. The molecule has 1 fully saturated rings. The first-order valence-corrected chi connectivity index (χ1v) is 6.37. The molecule has 17 heavy (non-hydrogen) atoms. The molecule has 0 unspecified atom stereocenters. The fourth-order valence-corrected chi connectivity index (χ4v) is 2.93. The minimum Gasteiger partial charge on any atom is -0.330 e. The Morgan fingerprint density at radius 1 is 1.29 bits per heavy atom. The van der Waals surface area contributed by atoms with Crippen LogP contribution in [0.4, 0.5) is 5.69 Å². The van der Waals surface area contributed by atoms with Crippen molar-refractivity contribution in [3.63, 3.8) is 0 Å². The van der Waals surface area contributed by atoms with Crippen LogP contribution >= 0.6 is 0 Å². The molecule has 0 aromatic heterocycles. The van der Waals surface area contributed by atoms with Gasteiger partial charge in [-0.25, -0.2) is 0 Å². The standard InChI is InChI=1S/C14H18N2O/c15-9-14(6-1-7-14)11-3-4-12-10(8-11)2-5-13(17)16-12/h3-4,8H,1-2,5-7,9,15H2,(H,16,17). The zero-order valence-corrected chi connectivity index (χ0v) is 9.96. The van der Waals surface area contributed by atoms with Gasteiger partial charge in [-0.15, -0.1) is 0 Å². The van der Waals surface area contributed by atoms with Gasteiger partial charge in [0.25, 0.3) is 0 Å². The lowest BCUT2D eigenvalue weighted by molar-refractivity contribution is -0.116. The summed E-state index contributed by atoms with van der Waals surface area (Å²) in [5.41, 5.74) is 9.76. The number of hydrogen-bond donors (Lipinski definition) is 2. The second kappa shape index (κ2) is 3.84. The number of hydrogen-bond acceptors (Lipinski definition) is 2. The number of aryl methyl sites for hydroxylation is 1. The number of nitrogens with two attached hydrogens (primary N) is 1. The van der Waals surface area contributed by atoms with Gasteiger partial charge in [-0.1, -0.05) is 18.6 Å². The molecular weight excluding hydrogens is 212 g/mol. The third-order valence-electron chi connectivity index (χ3n) is 4.31. The number of rotatable bonds is 2. The number of amides is 1. The average molecular weight is 230 g/mol. The maximum atomic E-state index is 11.3. The predicted octanol–water partition coefficient (Wildman–Crippen LogP) is 1.95. The summed E-state index contributed by atoms with van der Waals surface area (Å²) in [6.45, 7) is 0.734. The molecule has 3 rings (SSSR count). The minimum atomic E-state index is 0.127. The van der Waals surface area contributed by atoms with E-state index in [1.54, 1.807) is 0 Å². The SMILES string of the molecule is NCC1(c2ccc3c(c2)CCC(=O)N3)CCC1. The van der Waals surface area contributed by atoms with Crippen LogP contribution in [-0.4, -0.2) is 12.5 Å². The highest BCUT2D eigenvalue weighted by Gasteiger charge is 2.37. The number of nitrogens with one attached hydrogen (secondary N) is 1. The van der Waals surface area contributed by atoms with Gasteiger partial charge in [0.15, 0.2) is 0 Å². The first-order valence-electron chi connectivity index (χ1n) is 6.37. The lowest BCUT2D eigenvalue weighted by Gasteiger charge is -2.42. The van der Waals surface area contributed by atoms with Crippen molar-refractivity contribution in [2.24, 2.45) is 5.73 Å².